The van der Waals surface area contributed by atoms with E-state index in [2.05, 4.69) is 0 Å². The van der Waals surface area contributed by atoms with Gasteiger partial charge >= 0.3 is 0 Å². The van der Waals surface area contributed by atoms with Gasteiger partial charge in [-0.25, -0.2) is 0 Å². The lowest BCUT2D eigenvalue weighted by Gasteiger charge is -1.73. The summed E-state index contributed by atoms with van der Waals surface area (Å²) in [6, 6.07) is 7.20. The average molecular weight is 162 g/mol. The monoisotopic (exact) mass is 162 g/mol. The minimum Gasteiger partial charge on any atom is -0.289 e. The standard InChI is InChI=1S/C9H6OS/c10-9-4-2-1-3-7-5-11-6-8(7)9/h1-6H. The second-order valence-corrected chi connectivity index (χ2v) is 3.07. The van der Waals surface area contributed by atoms with Gasteiger partial charge in [-0.3, -0.25) is 4.79 Å². The maximum absolute atomic E-state index is 11.2. The Kier molecular flexibility index (Phi) is 1.47. The first-order valence-corrected chi connectivity index (χ1v) is 4.27. The molecule has 1 heterocycles. The summed E-state index contributed by atoms with van der Waals surface area (Å²) in [6.07, 6.45) is 0. The predicted molar refractivity (Wildman–Crippen MR) is 48.1 cm³/mol. The number of hydrogen-bond donors (Lipinski definition) is 0. The Morgan fingerprint density at radius 1 is 1.09 bits per heavy atom. The molecule has 0 spiro atoms. The molecule has 0 N–H and O–H groups in total. The van der Waals surface area contributed by atoms with Gasteiger partial charge in [0.15, 0.2) is 5.43 Å². The molecular formula is C9H6OS. The summed E-state index contributed by atoms with van der Waals surface area (Å²) >= 11 is 1.56. The van der Waals surface area contributed by atoms with Gasteiger partial charge in [-0.05, 0) is 16.8 Å². The van der Waals surface area contributed by atoms with Crippen LogP contribution in [0, 0.1) is 0 Å². The zero-order valence-electron chi connectivity index (χ0n) is 5.78. The lowest BCUT2D eigenvalue weighted by molar-refractivity contribution is 1.75. The van der Waals surface area contributed by atoms with Gasteiger partial charge < -0.3 is 0 Å². The normalized spacial score (nSPS) is 10.2. The van der Waals surface area contributed by atoms with Crippen molar-refractivity contribution in [2.75, 3.05) is 0 Å². The molecule has 54 valence electrons. The molecule has 0 unspecified atom stereocenters. The lowest BCUT2D eigenvalue weighted by atomic mass is 10.3. The molecular weight excluding hydrogens is 156 g/mol. The zero-order chi connectivity index (χ0) is 7.68. The Labute approximate surface area is 67.9 Å². The van der Waals surface area contributed by atoms with Crippen molar-refractivity contribution in [1.82, 2.24) is 0 Å². The van der Waals surface area contributed by atoms with Crippen LogP contribution in [0.3, 0.4) is 0 Å². The number of fused-ring (bicyclic) bond motifs is 1. The smallest absolute Gasteiger partial charge is 0.187 e. The summed E-state index contributed by atoms with van der Waals surface area (Å²) in [5, 5.41) is 5.72. The first kappa shape index (κ1) is 6.55. The van der Waals surface area contributed by atoms with Crippen molar-refractivity contribution >= 4 is 22.1 Å². The van der Waals surface area contributed by atoms with E-state index >= 15 is 0 Å². The van der Waals surface area contributed by atoms with Crippen LogP contribution in [0.2, 0.25) is 0 Å². The van der Waals surface area contributed by atoms with E-state index in [0.29, 0.717) is 0 Å². The molecule has 1 aromatic carbocycles. The number of rotatable bonds is 0. The molecule has 1 nitrogen and oxygen atoms in total. The van der Waals surface area contributed by atoms with Gasteiger partial charge in [0.2, 0.25) is 0 Å². The molecule has 2 heteroatoms. The first-order chi connectivity index (χ1) is 5.38. The summed E-state index contributed by atoms with van der Waals surface area (Å²) in [5.41, 5.74) is 0.103. The van der Waals surface area contributed by atoms with Crippen molar-refractivity contribution < 1.29 is 0 Å². The number of thiophene rings is 1. The summed E-state index contributed by atoms with van der Waals surface area (Å²) in [4.78, 5) is 11.2. The Balaban J connectivity index is 3.09. The van der Waals surface area contributed by atoms with E-state index in [9.17, 15) is 4.79 Å². The van der Waals surface area contributed by atoms with Crippen molar-refractivity contribution in [2.24, 2.45) is 0 Å². The molecule has 0 fully saturated rings. The van der Waals surface area contributed by atoms with Crippen molar-refractivity contribution in [1.29, 1.82) is 0 Å². The molecule has 0 atom stereocenters. The Morgan fingerprint density at radius 2 is 1.91 bits per heavy atom. The predicted octanol–water partition coefficient (Wildman–Crippen LogP) is 2.26. The summed E-state index contributed by atoms with van der Waals surface area (Å²) in [6.45, 7) is 0. The maximum atomic E-state index is 11.2. The van der Waals surface area contributed by atoms with Crippen LogP contribution in [0.4, 0.5) is 0 Å². The van der Waals surface area contributed by atoms with Gasteiger partial charge in [0.1, 0.15) is 0 Å². The van der Waals surface area contributed by atoms with Crippen LogP contribution in [0.15, 0.2) is 39.8 Å². The fraction of sp³-hybridized carbons (Fsp3) is 0. The first-order valence-electron chi connectivity index (χ1n) is 3.33. The maximum Gasteiger partial charge on any atom is 0.187 e. The van der Waals surface area contributed by atoms with E-state index in [4.69, 9.17) is 0 Å². The lowest BCUT2D eigenvalue weighted by Crippen LogP contribution is -1.91. The Hall–Kier alpha value is -1.15. The van der Waals surface area contributed by atoms with Crippen LogP contribution in [0.1, 0.15) is 0 Å². The molecule has 1 aromatic heterocycles. The highest BCUT2D eigenvalue weighted by Gasteiger charge is 1.93. The van der Waals surface area contributed by atoms with Gasteiger partial charge in [0.05, 0.1) is 0 Å². The summed E-state index contributed by atoms with van der Waals surface area (Å²) < 4.78 is 0. The van der Waals surface area contributed by atoms with Crippen molar-refractivity contribution in [3.63, 3.8) is 0 Å². The van der Waals surface area contributed by atoms with E-state index in [1.54, 1.807) is 23.5 Å². The van der Waals surface area contributed by atoms with Gasteiger partial charge in [-0.1, -0.05) is 18.2 Å². The van der Waals surface area contributed by atoms with Gasteiger partial charge in [-0.2, -0.15) is 11.3 Å². The molecule has 0 amide bonds. The quantitative estimate of drug-likeness (QED) is 0.580. The largest absolute Gasteiger partial charge is 0.289 e. The zero-order valence-corrected chi connectivity index (χ0v) is 6.60. The van der Waals surface area contributed by atoms with Crippen molar-refractivity contribution in [3.8, 4) is 0 Å². The third-order valence-corrected chi connectivity index (χ3v) is 2.35. The van der Waals surface area contributed by atoms with Crippen LogP contribution in [0.25, 0.3) is 10.8 Å². The van der Waals surface area contributed by atoms with Crippen LogP contribution >= 0.6 is 11.3 Å². The molecule has 0 saturated heterocycles. The average Bonchev–Trinajstić information content (AvgIpc) is 2.40. The van der Waals surface area contributed by atoms with E-state index in [-0.39, 0.29) is 5.43 Å². The molecule has 0 aliphatic heterocycles. The van der Waals surface area contributed by atoms with E-state index < -0.39 is 0 Å². The molecule has 2 aromatic rings. The number of hydrogen-bond acceptors (Lipinski definition) is 2. The molecule has 0 bridgehead atoms. The second-order valence-electron chi connectivity index (χ2n) is 2.32. The fourth-order valence-electron chi connectivity index (χ4n) is 1.03. The van der Waals surface area contributed by atoms with E-state index in [1.807, 2.05) is 22.9 Å². The van der Waals surface area contributed by atoms with Crippen LogP contribution < -0.4 is 5.43 Å². The van der Waals surface area contributed by atoms with Crippen LogP contribution in [-0.2, 0) is 0 Å². The Bertz CT molecular complexity index is 431. The summed E-state index contributed by atoms with van der Waals surface area (Å²) in [5.74, 6) is 0. The highest BCUT2D eigenvalue weighted by molar-refractivity contribution is 7.09. The minimum atomic E-state index is 0.103. The van der Waals surface area contributed by atoms with E-state index in [1.165, 1.54) is 0 Å². The summed E-state index contributed by atoms with van der Waals surface area (Å²) in [7, 11) is 0. The molecule has 11 heavy (non-hydrogen) atoms. The van der Waals surface area contributed by atoms with Gasteiger partial charge in [0.25, 0.3) is 0 Å². The van der Waals surface area contributed by atoms with Gasteiger partial charge in [-0.15, -0.1) is 0 Å². The Morgan fingerprint density at radius 3 is 2.82 bits per heavy atom. The van der Waals surface area contributed by atoms with Crippen molar-refractivity contribution in [3.05, 3.63) is 45.2 Å². The minimum absolute atomic E-state index is 0.103. The van der Waals surface area contributed by atoms with Crippen LogP contribution in [0.5, 0.6) is 0 Å². The highest BCUT2D eigenvalue weighted by Crippen LogP contribution is 2.13. The third kappa shape index (κ3) is 1.05. The highest BCUT2D eigenvalue weighted by atomic mass is 32.1. The van der Waals surface area contributed by atoms with E-state index in [0.717, 1.165) is 10.8 Å². The molecule has 2 rings (SSSR count). The topological polar surface area (TPSA) is 17.1 Å². The third-order valence-electron chi connectivity index (χ3n) is 1.59. The second kappa shape index (κ2) is 2.47. The molecule has 0 radical (unpaired) electrons. The molecule has 0 aliphatic rings. The van der Waals surface area contributed by atoms with Gasteiger partial charge in [0, 0.05) is 10.8 Å². The van der Waals surface area contributed by atoms with Crippen molar-refractivity contribution in [2.45, 2.75) is 0 Å². The molecule has 0 saturated carbocycles. The SMILES string of the molecule is O=c1ccccc2cscc12. The fourth-order valence-corrected chi connectivity index (χ4v) is 1.84. The molecule has 0 aliphatic carbocycles. The van der Waals surface area contributed by atoms with Crippen LogP contribution in [-0.4, -0.2) is 0 Å².